The molecule has 18 atom stereocenters. The number of ether oxygens (including phenoxy) is 9. The van der Waals surface area contributed by atoms with Crippen molar-refractivity contribution in [3.63, 3.8) is 0 Å². The van der Waals surface area contributed by atoms with E-state index in [9.17, 15) is 82.8 Å². The number of esters is 1. The van der Waals surface area contributed by atoms with Gasteiger partial charge in [0.05, 0.1) is 28.1 Å². The van der Waals surface area contributed by atoms with Gasteiger partial charge in [0.1, 0.15) is 121 Å². The number of halogens is 5. The van der Waals surface area contributed by atoms with Gasteiger partial charge in [0.25, 0.3) is 0 Å². The van der Waals surface area contributed by atoms with Gasteiger partial charge in [-0.05, 0) is 103 Å². The van der Waals surface area contributed by atoms with Crippen LogP contribution in [0, 0.1) is 5.92 Å². The molecule has 2 fully saturated rings. The minimum absolute atomic E-state index is 0.134. The molecule has 7 aliphatic rings. The number of rotatable bonds is 21. The van der Waals surface area contributed by atoms with Crippen LogP contribution in [0.3, 0.4) is 0 Å². The van der Waals surface area contributed by atoms with Gasteiger partial charge in [0.15, 0.2) is 29.9 Å². The lowest BCUT2D eigenvalue weighted by molar-refractivity contribution is -0.331. The molecule has 43 heteroatoms. The van der Waals surface area contributed by atoms with Crippen molar-refractivity contribution in [3.8, 4) is 57.1 Å². The van der Waals surface area contributed by atoms with E-state index in [0.29, 0.717) is 0 Å². The summed E-state index contributed by atoms with van der Waals surface area (Å²) in [6.07, 6.45) is -27.0. The Labute approximate surface area is 701 Å². The molecular formula is C79H87Cl2F3N10O28. The number of phenolic OH excluding ortho intramolecular Hbond substituents is 3. The van der Waals surface area contributed by atoms with Gasteiger partial charge in [-0.2, -0.15) is 13.2 Å². The van der Waals surface area contributed by atoms with Gasteiger partial charge < -0.3 is 132 Å². The maximum absolute atomic E-state index is 16.3. The van der Waals surface area contributed by atoms with Gasteiger partial charge in [0.2, 0.25) is 53.4 Å². The number of fused-ring (bicyclic) bond motifs is 15. The molecule has 7 aliphatic heterocycles. The highest BCUT2D eigenvalue weighted by molar-refractivity contribution is 6.32. The number of aliphatic hydroxyl groups is 5. The first-order valence-corrected chi connectivity index (χ1v) is 38.1. The number of hydrogen-bond acceptors (Lipinski definition) is 28. The quantitative estimate of drug-likeness (QED) is 0.0284. The van der Waals surface area contributed by atoms with Gasteiger partial charge >= 0.3 is 30.2 Å². The van der Waals surface area contributed by atoms with E-state index >= 15 is 24.0 Å². The fourth-order valence-electron chi connectivity index (χ4n) is 13.9. The first-order chi connectivity index (χ1) is 57.5. The van der Waals surface area contributed by atoms with Crippen LogP contribution in [0.25, 0.3) is 11.1 Å². The lowest BCUT2D eigenvalue weighted by Crippen LogP contribution is -2.66. The molecule has 656 valence electrons. The summed E-state index contributed by atoms with van der Waals surface area (Å²) >= 11 is 14.3. The summed E-state index contributed by atoms with van der Waals surface area (Å²) in [5.41, 5.74) is 0.676. The Bertz CT molecular complexity index is 4910. The normalized spacial score (nSPS) is 26.2. The number of benzene rings is 5. The minimum atomic E-state index is -5.57. The number of amides is 10. The zero-order valence-electron chi connectivity index (χ0n) is 65.4. The highest BCUT2D eigenvalue weighted by atomic mass is 35.5. The maximum Gasteiger partial charge on any atom is 0.471 e. The third-order valence-electron chi connectivity index (χ3n) is 20.0. The van der Waals surface area contributed by atoms with Crippen molar-refractivity contribution >= 4 is 88.6 Å². The number of aliphatic hydroxyl groups excluding tert-OH is 5. The molecule has 5 aromatic carbocycles. The summed E-state index contributed by atoms with van der Waals surface area (Å²) in [6, 6.07) is -3.01. The Morgan fingerprint density at radius 2 is 1.29 bits per heavy atom. The first-order valence-electron chi connectivity index (χ1n) is 37.4. The predicted octanol–water partition coefficient (Wildman–Crippen LogP) is 3.43. The van der Waals surface area contributed by atoms with E-state index in [1.54, 1.807) is 19.2 Å². The molecule has 10 unspecified atom stereocenters. The van der Waals surface area contributed by atoms with E-state index < -0.39 is 291 Å². The van der Waals surface area contributed by atoms with E-state index in [2.05, 4.69) is 57.0 Å². The van der Waals surface area contributed by atoms with Crippen LogP contribution in [-0.2, 0) is 71.6 Å². The lowest BCUT2D eigenvalue weighted by Gasteiger charge is -2.48. The number of likely N-dealkylation sites (N-methyl/N-ethyl adjacent to an activating group) is 1. The summed E-state index contributed by atoms with van der Waals surface area (Å²) in [7, 11) is 1.19. The van der Waals surface area contributed by atoms with Crippen LogP contribution in [0.4, 0.5) is 22.8 Å². The second-order valence-corrected chi connectivity index (χ2v) is 30.2. The van der Waals surface area contributed by atoms with Crippen LogP contribution in [0.2, 0.25) is 10.0 Å². The molecule has 38 nitrogen and oxygen atoms in total. The fraction of sp³-hybridized carbons (Fsp3) is 0.405. The molecule has 0 spiro atoms. The van der Waals surface area contributed by atoms with Crippen LogP contribution in [0.1, 0.15) is 105 Å². The van der Waals surface area contributed by atoms with Crippen molar-refractivity contribution in [1.82, 2.24) is 47.4 Å². The number of primary amides is 1. The predicted molar refractivity (Wildman–Crippen MR) is 416 cm³/mol. The van der Waals surface area contributed by atoms with Crippen molar-refractivity contribution in [3.05, 3.63) is 155 Å². The smallest absolute Gasteiger partial charge is 0.471 e. The highest BCUT2D eigenvalue weighted by Gasteiger charge is 2.54. The monoisotopic (exact) mass is 1750 g/mol. The Hall–Kier alpha value is -12.1. The number of nitrogens with zero attached hydrogens (tertiary/aromatic N) is 1. The molecular weight excluding hydrogens is 1660 g/mol. The standard InChI is InChI=1S/C79H87Cl2F3N10O28/c1-9-18-114-73(110)57-40-27-38(95)28-46(97)54(40)39-22-34(12-15-45(39)96)55-69(106)92-59(72(109)90-57)61(100)36-14-17-48(42(81)24-36)119-50-26-37-25-49(64(50)122-74-65(63(102)62(101)51(120-74)31-86-75(111)79(82,83)84)121-53-30-78(7,66(103)33(6)117-53)93-76(112)115-19-10-2)118-47-16-13-35(23-41(47)80)60(99)58(91-68(105)44(21-32(4)5)94(8)77(113)116-20-11-3)71(108)87-43(29-52(85)98)67(104)88-56(37)70(107)89-55/h9-17,22-28,32-33,43-44,51,53,55-63,65-66,74,95-97,99-103H,1-3,18-21,29-31H2,4-8H3,(H2,85,98)(H,86,111)(H,87,108)(H,88,104)(H,89,107)(H,90,109)(H,91,105)(H,92,106)(H,93,112)/t33?,43-,44-,51?,53?,55?,56+,57+,58+,59-,60+,61+,62?,63?,65?,66?,74?,78?/m0/s1. The zero-order chi connectivity index (χ0) is 89.4. The van der Waals surface area contributed by atoms with Crippen molar-refractivity contribution in [2.75, 3.05) is 33.4 Å². The summed E-state index contributed by atoms with van der Waals surface area (Å²) in [6.45, 7) is 14.1. The number of aromatic hydroxyl groups is 3. The zero-order valence-corrected chi connectivity index (χ0v) is 66.9. The van der Waals surface area contributed by atoms with E-state index in [4.69, 9.17) is 71.6 Å². The van der Waals surface area contributed by atoms with Crippen LogP contribution in [-0.4, -0.2) is 230 Å². The van der Waals surface area contributed by atoms with Crippen LogP contribution < -0.4 is 62.5 Å². The highest BCUT2D eigenvalue weighted by Crippen LogP contribution is 2.50. The molecule has 12 rings (SSSR count). The summed E-state index contributed by atoms with van der Waals surface area (Å²) in [4.78, 5) is 161. The van der Waals surface area contributed by atoms with Crippen LogP contribution in [0.15, 0.2) is 117 Å². The molecule has 11 bridgehead atoms. The molecule has 0 radical (unpaired) electrons. The van der Waals surface area contributed by atoms with E-state index in [1.807, 2.05) is 0 Å². The summed E-state index contributed by atoms with van der Waals surface area (Å²) in [5, 5.41) is 113. The lowest BCUT2D eigenvalue weighted by atomic mass is 9.85. The van der Waals surface area contributed by atoms with Crippen LogP contribution in [0.5, 0.6) is 46.0 Å². The molecule has 2 saturated heterocycles. The van der Waals surface area contributed by atoms with Crippen molar-refractivity contribution in [2.24, 2.45) is 11.7 Å². The number of alkyl halides is 3. The Morgan fingerprint density at radius 1 is 0.697 bits per heavy atom. The Kier molecular flexibility index (Phi) is 29.3. The third-order valence-corrected chi connectivity index (χ3v) is 20.6. The third kappa shape index (κ3) is 21.1. The van der Waals surface area contributed by atoms with Gasteiger partial charge in [-0.15, -0.1) is 0 Å². The Morgan fingerprint density at radius 3 is 1.89 bits per heavy atom. The van der Waals surface area contributed by atoms with Gasteiger partial charge in [-0.1, -0.05) is 93.2 Å². The SMILES string of the molecule is C=CCOC(=O)NC1(C)CC(OC2C(Oc3c4cc5cc3Oc3ccc(cc3Cl)[C@@H](O)[C@@H](NC(=O)[C@H](CC(C)C)N(C)C(=O)OCC=C)C(=O)N[C@@H](CC(N)=O)C(=O)N[C@H]5C(=O)NC3C(=O)N[C@H](C(=O)N[C@@H](C(=O)OCC=C)c5cc(O)cc(O)c5-c5cc3ccc5O)[C@H](O)c3ccc(c(Cl)c3)O4)OC(CNC(=O)C(F)(F)F)C(O)C2O)OC(C)C1O. The molecule has 122 heavy (non-hydrogen) atoms. The average molecular weight is 1750 g/mol. The molecule has 0 aromatic heterocycles. The Balaban J connectivity index is 1.25. The molecule has 0 aliphatic carbocycles. The van der Waals surface area contributed by atoms with Crippen LogP contribution >= 0.6 is 23.2 Å². The number of carbonyl (C=O) groups is 11. The van der Waals surface area contributed by atoms with Crippen molar-refractivity contribution in [1.29, 1.82) is 0 Å². The molecule has 18 N–H and O–H groups in total. The summed E-state index contributed by atoms with van der Waals surface area (Å²) in [5.74, 6) is -20.4. The number of nitrogens with one attached hydrogen (secondary N) is 8. The molecule has 5 aromatic rings. The second-order valence-electron chi connectivity index (χ2n) is 29.4. The maximum atomic E-state index is 16.3. The van der Waals surface area contributed by atoms with Crippen molar-refractivity contribution in [2.45, 2.75) is 162 Å². The molecule has 7 heterocycles. The number of alkyl carbamates (subject to hydrolysis) is 1. The van der Waals surface area contributed by atoms with E-state index in [0.717, 1.165) is 89.8 Å². The van der Waals surface area contributed by atoms with Gasteiger partial charge in [-0.25, -0.2) is 14.4 Å². The molecule has 0 saturated carbocycles. The first kappa shape index (κ1) is 92.2. The summed E-state index contributed by atoms with van der Waals surface area (Å²) < 4.78 is 96.2. The van der Waals surface area contributed by atoms with Crippen molar-refractivity contribution < 1.29 is 149 Å². The topological polar surface area (TPSA) is 558 Å². The average Bonchev–Trinajstić information content (AvgIpc) is 0.762. The number of nitrogens with two attached hydrogens (primary N) is 1. The van der Waals surface area contributed by atoms with E-state index in [-0.39, 0.29) is 36.7 Å². The fourth-order valence-corrected chi connectivity index (χ4v) is 14.4. The largest absolute Gasteiger partial charge is 0.508 e. The van der Waals surface area contributed by atoms with E-state index in [1.165, 1.54) is 33.0 Å². The second kappa shape index (κ2) is 38.8. The van der Waals surface area contributed by atoms with Gasteiger partial charge in [-0.3, -0.25) is 43.3 Å². The number of phenols is 3. The minimum Gasteiger partial charge on any atom is -0.508 e. The number of hydrogen-bond donors (Lipinski definition) is 17. The molecule has 10 amide bonds. The number of carbonyl (C=O) groups excluding carboxylic acids is 11. The van der Waals surface area contributed by atoms with Gasteiger partial charge in [0, 0.05) is 42.8 Å².